The highest BCUT2D eigenvalue weighted by molar-refractivity contribution is 5.89. The van der Waals surface area contributed by atoms with Crippen molar-refractivity contribution in [2.24, 2.45) is 0 Å². The standard InChI is InChI=1S/C14H16N4O3/c1-8-6-10(15)4-5-11(8)20-7-12(19)16-14-18-17-13(21-14)9-2-3-9/h4-6,9H,2-3,7,15H2,1H3,(H,16,18,19). The van der Waals surface area contributed by atoms with E-state index in [-0.39, 0.29) is 18.5 Å². The first-order valence-corrected chi connectivity index (χ1v) is 6.74. The third-order valence-electron chi connectivity index (χ3n) is 3.17. The molecule has 1 amide bonds. The van der Waals surface area contributed by atoms with Crippen molar-refractivity contribution in [2.45, 2.75) is 25.7 Å². The molecule has 0 bridgehead atoms. The summed E-state index contributed by atoms with van der Waals surface area (Å²) in [7, 11) is 0. The van der Waals surface area contributed by atoms with Crippen LogP contribution in [0.15, 0.2) is 22.6 Å². The predicted octanol–water partition coefficient (Wildman–Crippen LogP) is 1.86. The van der Waals surface area contributed by atoms with E-state index in [9.17, 15) is 4.79 Å². The van der Waals surface area contributed by atoms with Crippen molar-refractivity contribution in [3.8, 4) is 5.75 Å². The lowest BCUT2D eigenvalue weighted by Gasteiger charge is -2.08. The van der Waals surface area contributed by atoms with Gasteiger partial charge in [-0.1, -0.05) is 5.10 Å². The number of hydrogen-bond acceptors (Lipinski definition) is 6. The number of anilines is 2. The Labute approximate surface area is 121 Å². The number of carbonyl (C=O) groups excluding carboxylic acids is 1. The predicted molar refractivity (Wildman–Crippen MR) is 76.0 cm³/mol. The summed E-state index contributed by atoms with van der Waals surface area (Å²) in [6, 6.07) is 5.35. The van der Waals surface area contributed by atoms with E-state index < -0.39 is 0 Å². The second-order valence-electron chi connectivity index (χ2n) is 5.08. The summed E-state index contributed by atoms with van der Waals surface area (Å²) in [5.74, 6) is 1.21. The van der Waals surface area contributed by atoms with E-state index in [2.05, 4.69) is 15.5 Å². The molecule has 0 unspecified atom stereocenters. The Morgan fingerprint density at radius 2 is 2.29 bits per heavy atom. The molecule has 1 aliphatic rings. The van der Waals surface area contributed by atoms with Gasteiger partial charge in [-0.05, 0) is 43.5 Å². The van der Waals surface area contributed by atoms with Crippen molar-refractivity contribution in [1.29, 1.82) is 0 Å². The first kappa shape index (κ1) is 13.4. The summed E-state index contributed by atoms with van der Waals surface area (Å²) >= 11 is 0. The average molecular weight is 288 g/mol. The second-order valence-corrected chi connectivity index (χ2v) is 5.08. The number of hydrogen-bond donors (Lipinski definition) is 2. The van der Waals surface area contributed by atoms with Crippen LogP contribution in [0.2, 0.25) is 0 Å². The lowest BCUT2D eigenvalue weighted by atomic mass is 10.2. The fourth-order valence-electron chi connectivity index (χ4n) is 1.91. The third-order valence-corrected chi connectivity index (χ3v) is 3.17. The average Bonchev–Trinajstić information content (AvgIpc) is 3.19. The van der Waals surface area contributed by atoms with E-state index in [0.29, 0.717) is 23.2 Å². The first-order valence-electron chi connectivity index (χ1n) is 6.74. The Kier molecular flexibility index (Phi) is 3.47. The van der Waals surface area contributed by atoms with Crippen LogP contribution >= 0.6 is 0 Å². The van der Waals surface area contributed by atoms with Gasteiger partial charge in [-0.3, -0.25) is 10.1 Å². The maximum absolute atomic E-state index is 11.8. The topological polar surface area (TPSA) is 103 Å². The van der Waals surface area contributed by atoms with Gasteiger partial charge in [0.15, 0.2) is 6.61 Å². The summed E-state index contributed by atoms with van der Waals surface area (Å²) < 4.78 is 10.8. The number of rotatable bonds is 5. The van der Waals surface area contributed by atoms with E-state index in [1.54, 1.807) is 18.2 Å². The van der Waals surface area contributed by atoms with Gasteiger partial charge in [-0.25, -0.2) is 0 Å². The lowest BCUT2D eigenvalue weighted by molar-refractivity contribution is -0.118. The van der Waals surface area contributed by atoms with Gasteiger partial charge in [0.05, 0.1) is 0 Å². The van der Waals surface area contributed by atoms with Gasteiger partial charge in [0.25, 0.3) is 5.91 Å². The van der Waals surface area contributed by atoms with Gasteiger partial charge in [-0.2, -0.15) is 0 Å². The van der Waals surface area contributed by atoms with Crippen molar-refractivity contribution >= 4 is 17.6 Å². The van der Waals surface area contributed by atoms with Gasteiger partial charge >= 0.3 is 6.01 Å². The van der Waals surface area contributed by atoms with Crippen LogP contribution in [0.25, 0.3) is 0 Å². The van der Waals surface area contributed by atoms with Crippen molar-refractivity contribution in [3.63, 3.8) is 0 Å². The van der Waals surface area contributed by atoms with Crippen LogP contribution in [-0.2, 0) is 4.79 Å². The largest absolute Gasteiger partial charge is 0.483 e. The highest BCUT2D eigenvalue weighted by Crippen LogP contribution is 2.39. The molecule has 1 aromatic carbocycles. The molecule has 1 saturated carbocycles. The number of nitrogens with zero attached hydrogens (tertiary/aromatic N) is 2. The van der Waals surface area contributed by atoms with E-state index in [1.807, 2.05) is 6.92 Å². The first-order chi connectivity index (χ1) is 10.1. The molecule has 1 aromatic heterocycles. The van der Waals surface area contributed by atoms with Crippen LogP contribution in [0.5, 0.6) is 5.75 Å². The monoisotopic (exact) mass is 288 g/mol. The van der Waals surface area contributed by atoms with Crippen molar-refractivity contribution in [2.75, 3.05) is 17.7 Å². The number of nitrogens with one attached hydrogen (secondary N) is 1. The SMILES string of the molecule is Cc1cc(N)ccc1OCC(=O)Nc1nnc(C2CC2)o1. The molecule has 1 aliphatic carbocycles. The molecule has 0 aliphatic heterocycles. The number of aryl methyl sites for hydroxylation is 1. The van der Waals surface area contributed by atoms with Crippen molar-refractivity contribution < 1.29 is 13.9 Å². The Morgan fingerprint density at radius 1 is 1.48 bits per heavy atom. The Morgan fingerprint density at radius 3 is 3.00 bits per heavy atom. The minimum Gasteiger partial charge on any atom is -0.483 e. The van der Waals surface area contributed by atoms with Gasteiger partial charge in [0.1, 0.15) is 5.75 Å². The quantitative estimate of drug-likeness (QED) is 0.814. The van der Waals surface area contributed by atoms with Gasteiger partial charge in [0, 0.05) is 11.6 Å². The van der Waals surface area contributed by atoms with Crippen molar-refractivity contribution in [1.82, 2.24) is 10.2 Å². The molecule has 0 saturated heterocycles. The summed E-state index contributed by atoms with van der Waals surface area (Å²) in [6.07, 6.45) is 2.13. The van der Waals surface area contributed by atoms with E-state index in [0.717, 1.165) is 18.4 Å². The van der Waals surface area contributed by atoms with E-state index >= 15 is 0 Å². The Bertz CT molecular complexity index is 664. The molecular formula is C14H16N4O3. The second kappa shape index (κ2) is 5.43. The van der Waals surface area contributed by atoms with E-state index in [4.69, 9.17) is 14.9 Å². The molecule has 0 radical (unpaired) electrons. The number of benzene rings is 1. The van der Waals surface area contributed by atoms with Crippen LogP contribution in [0.4, 0.5) is 11.7 Å². The molecular weight excluding hydrogens is 272 g/mol. The zero-order valence-corrected chi connectivity index (χ0v) is 11.6. The van der Waals surface area contributed by atoms with Crippen LogP contribution in [0, 0.1) is 6.92 Å². The molecule has 7 heteroatoms. The van der Waals surface area contributed by atoms with Crippen LogP contribution in [0.3, 0.4) is 0 Å². The van der Waals surface area contributed by atoms with E-state index in [1.165, 1.54) is 0 Å². The molecule has 1 fully saturated rings. The Hall–Kier alpha value is -2.57. The molecule has 0 atom stereocenters. The number of aromatic nitrogens is 2. The lowest BCUT2D eigenvalue weighted by Crippen LogP contribution is -2.20. The smallest absolute Gasteiger partial charge is 0.322 e. The molecule has 2 aromatic rings. The normalized spacial score (nSPS) is 14.0. The highest BCUT2D eigenvalue weighted by Gasteiger charge is 2.29. The highest BCUT2D eigenvalue weighted by atomic mass is 16.5. The zero-order valence-electron chi connectivity index (χ0n) is 11.6. The third kappa shape index (κ3) is 3.31. The molecule has 7 nitrogen and oxygen atoms in total. The molecule has 21 heavy (non-hydrogen) atoms. The van der Waals surface area contributed by atoms with Gasteiger partial charge < -0.3 is 14.9 Å². The fourth-order valence-corrected chi connectivity index (χ4v) is 1.91. The maximum atomic E-state index is 11.8. The number of carbonyl (C=O) groups is 1. The number of ether oxygens (including phenoxy) is 1. The fraction of sp³-hybridized carbons (Fsp3) is 0.357. The van der Waals surface area contributed by atoms with Gasteiger partial charge in [-0.15, -0.1) is 5.10 Å². The van der Waals surface area contributed by atoms with Gasteiger partial charge in [0.2, 0.25) is 5.89 Å². The molecule has 3 N–H and O–H groups in total. The summed E-state index contributed by atoms with van der Waals surface area (Å²) in [6.45, 7) is 1.73. The summed E-state index contributed by atoms with van der Waals surface area (Å²) in [5, 5.41) is 10.2. The zero-order chi connectivity index (χ0) is 14.8. The minimum atomic E-state index is -0.350. The Balaban J connectivity index is 1.53. The molecule has 0 spiro atoms. The molecule has 3 rings (SSSR count). The number of amides is 1. The van der Waals surface area contributed by atoms with Crippen LogP contribution in [-0.4, -0.2) is 22.7 Å². The van der Waals surface area contributed by atoms with Crippen molar-refractivity contribution in [3.05, 3.63) is 29.7 Å². The minimum absolute atomic E-state index is 0.111. The van der Waals surface area contributed by atoms with Crippen LogP contribution in [0.1, 0.15) is 30.2 Å². The number of nitrogens with two attached hydrogens (primary N) is 1. The van der Waals surface area contributed by atoms with Crippen LogP contribution < -0.4 is 15.8 Å². The number of nitrogen functional groups attached to an aromatic ring is 1. The summed E-state index contributed by atoms with van der Waals surface area (Å²) in [5.41, 5.74) is 7.18. The summed E-state index contributed by atoms with van der Waals surface area (Å²) in [4.78, 5) is 11.8. The molecule has 110 valence electrons. The maximum Gasteiger partial charge on any atom is 0.322 e. The molecule has 1 heterocycles.